The van der Waals surface area contributed by atoms with Crippen molar-refractivity contribution in [2.24, 2.45) is 0 Å². The lowest BCUT2D eigenvalue weighted by Gasteiger charge is -2.30. The second-order valence-corrected chi connectivity index (χ2v) is 7.43. The summed E-state index contributed by atoms with van der Waals surface area (Å²) >= 11 is 0. The lowest BCUT2D eigenvalue weighted by Crippen LogP contribution is -2.26. The SMILES string of the molecule is O=C(O)CCc1ccc(NCc2ccc3c(n2)N(c2ccccc2)CCC3)cc1F. The quantitative estimate of drug-likeness (QED) is 0.583. The molecule has 0 bridgehead atoms. The molecule has 2 N–H and O–H groups in total. The van der Waals surface area contributed by atoms with Gasteiger partial charge in [-0.15, -0.1) is 0 Å². The molecular weight excluding hydrogens is 381 g/mol. The molecule has 2 aromatic carbocycles. The van der Waals surface area contributed by atoms with Gasteiger partial charge in [0.25, 0.3) is 0 Å². The second-order valence-electron chi connectivity index (χ2n) is 7.43. The molecule has 1 aliphatic rings. The monoisotopic (exact) mass is 405 g/mol. The molecule has 0 saturated carbocycles. The summed E-state index contributed by atoms with van der Waals surface area (Å²) in [7, 11) is 0. The van der Waals surface area contributed by atoms with Crippen molar-refractivity contribution in [2.75, 3.05) is 16.8 Å². The Bertz CT molecular complexity index is 1040. The summed E-state index contributed by atoms with van der Waals surface area (Å²) in [5.74, 6) is -0.337. The highest BCUT2D eigenvalue weighted by Gasteiger charge is 2.20. The highest BCUT2D eigenvalue weighted by atomic mass is 19.1. The average molecular weight is 405 g/mol. The van der Waals surface area contributed by atoms with Gasteiger partial charge in [-0.2, -0.15) is 0 Å². The first kappa shape index (κ1) is 19.9. The molecule has 0 aliphatic carbocycles. The smallest absolute Gasteiger partial charge is 0.303 e. The van der Waals surface area contributed by atoms with E-state index in [2.05, 4.69) is 28.4 Å². The first-order chi connectivity index (χ1) is 14.6. The summed E-state index contributed by atoms with van der Waals surface area (Å²) in [6, 6.07) is 19.2. The van der Waals surface area contributed by atoms with Crippen LogP contribution in [0.25, 0.3) is 0 Å². The van der Waals surface area contributed by atoms with E-state index in [0.29, 0.717) is 17.8 Å². The van der Waals surface area contributed by atoms with Crippen LogP contribution >= 0.6 is 0 Å². The van der Waals surface area contributed by atoms with Gasteiger partial charge in [0.05, 0.1) is 12.2 Å². The lowest BCUT2D eigenvalue weighted by molar-refractivity contribution is -0.136. The number of carbonyl (C=O) groups is 1. The number of hydrogen-bond acceptors (Lipinski definition) is 4. The first-order valence-corrected chi connectivity index (χ1v) is 10.2. The summed E-state index contributed by atoms with van der Waals surface area (Å²) in [4.78, 5) is 17.8. The number of aryl methyl sites for hydroxylation is 2. The Morgan fingerprint density at radius 2 is 1.97 bits per heavy atom. The number of nitrogens with one attached hydrogen (secondary N) is 1. The van der Waals surface area contributed by atoms with Gasteiger partial charge in [-0.05, 0) is 60.7 Å². The van der Waals surface area contributed by atoms with Crippen LogP contribution in [0.2, 0.25) is 0 Å². The van der Waals surface area contributed by atoms with E-state index in [-0.39, 0.29) is 12.8 Å². The average Bonchev–Trinajstić information content (AvgIpc) is 2.77. The van der Waals surface area contributed by atoms with E-state index in [4.69, 9.17) is 10.1 Å². The molecule has 6 heteroatoms. The number of carboxylic acid groups (broad SMARTS) is 1. The van der Waals surface area contributed by atoms with Crippen LogP contribution in [0.4, 0.5) is 21.6 Å². The third kappa shape index (κ3) is 4.59. The maximum absolute atomic E-state index is 14.2. The molecule has 0 atom stereocenters. The highest BCUT2D eigenvalue weighted by molar-refractivity contribution is 5.67. The van der Waals surface area contributed by atoms with Crippen LogP contribution in [0.3, 0.4) is 0 Å². The minimum absolute atomic E-state index is 0.0827. The molecule has 0 spiro atoms. The van der Waals surface area contributed by atoms with E-state index in [9.17, 15) is 9.18 Å². The number of anilines is 3. The summed E-state index contributed by atoms with van der Waals surface area (Å²) in [5, 5.41) is 12.0. The molecule has 0 unspecified atom stereocenters. The fourth-order valence-corrected chi connectivity index (χ4v) is 3.73. The number of rotatable bonds is 7. The van der Waals surface area contributed by atoms with E-state index in [0.717, 1.165) is 36.6 Å². The van der Waals surface area contributed by atoms with Gasteiger partial charge >= 0.3 is 5.97 Å². The predicted octanol–water partition coefficient (Wildman–Crippen LogP) is 4.93. The van der Waals surface area contributed by atoms with Crippen molar-refractivity contribution in [3.05, 3.63) is 83.3 Å². The number of aromatic nitrogens is 1. The Morgan fingerprint density at radius 1 is 1.13 bits per heavy atom. The summed E-state index contributed by atoms with van der Waals surface area (Å²) in [6.45, 7) is 1.41. The molecule has 0 amide bonds. The van der Waals surface area contributed by atoms with Gasteiger partial charge in [0.15, 0.2) is 0 Å². The number of nitrogens with zero attached hydrogens (tertiary/aromatic N) is 2. The van der Waals surface area contributed by atoms with E-state index >= 15 is 0 Å². The minimum atomic E-state index is -0.931. The molecule has 30 heavy (non-hydrogen) atoms. The number of aliphatic carboxylic acids is 1. The molecular formula is C24H24FN3O2. The Labute approximate surface area is 175 Å². The van der Waals surface area contributed by atoms with Gasteiger partial charge in [0.2, 0.25) is 0 Å². The van der Waals surface area contributed by atoms with Crippen LogP contribution in [0.15, 0.2) is 60.7 Å². The molecule has 1 aliphatic heterocycles. The van der Waals surface area contributed by atoms with Crippen LogP contribution in [-0.4, -0.2) is 22.6 Å². The molecule has 4 rings (SSSR count). The molecule has 2 heterocycles. The van der Waals surface area contributed by atoms with Crippen molar-refractivity contribution in [2.45, 2.75) is 32.2 Å². The maximum Gasteiger partial charge on any atom is 0.303 e. The van der Waals surface area contributed by atoms with Crippen molar-refractivity contribution < 1.29 is 14.3 Å². The number of carboxylic acids is 1. The van der Waals surface area contributed by atoms with Gasteiger partial charge in [-0.1, -0.05) is 30.3 Å². The van der Waals surface area contributed by atoms with Crippen molar-refractivity contribution >= 4 is 23.2 Å². The van der Waals surface area contributed by atoms with Crippen molar-refractivity contribution in [1.29, 1.82) is 0 Å². The van der Waals surface area contributed by atoms with Gasteiger partial charge in [0.1, 0.15) is 11.6 Å². The van der Waals surface area contributed by atoms with Crippen LogP contribution in [-0.2, 0) is 24.2 Å². The Kier molecular flexibility index (Phi) is 5.93. The van der Waals surface area contributed by atoms with E-state index in [1.54, 1.807) is 12.1 Å². The van der Waals surface area contributed by atoms with Crippen LogP contribution in [0.5, 0.6) is 0 Å². The number of fused-ring (bicyclic) bond motifs is 1. The molecule has 0 fully saturated rings. The zero-order valence-electron chi connectivity index (χ0n) is 16.6. The van der Waals surface area contributed by atoms with Gasteiger partial charge in [-0.25, -0.2) is 9.37 Å². The summed E-state index contributed by atoms with van der Waals surface area (Å²) in [5.41, 5.74) is 4.31. The van der Waals surface area contributed by atoms with Gasteiger partial charge in [-0.3, -0.25) is 4.79 Å². The lowest BCUT2D eigenvalue weighted by atomic mass is 10.0. The largest absolute Gasteiger partial charge is 0.481 e. The van der Waals surface area contributed by atoms with E-state index in [1.807, 2.05) is 24.3 Å². The van der Waals surface area contributed by atoms with Crippen LogP contribution < -0.4 is 10.2 Å². The van der Waals surface area contributed by atoms with E-state index < -0.39 is 11.8 Å². The summed E-state index contributed by atoms with van der Waals surface area (Å²) in [6.07, 6.45) is 2.21. The molecule has 3 aromatic rings. The standard InChI is InChI=1S/C24H24FN3O2/c25-22-15-19(11-8-17(22)10-13-23(29)30)26-16-20-12-9-18-5-4-14-28(24(18)27-20)21-6-2-1-3-7-21/h1-3,6-9,11-12,15,26H,4-5,10,13-14,16H2,(H,29,30). The molecule has 0 saturated heterocycles. The maximum atomic E-state index is 14.2. The topological polar surface area (TPSA) is 65.5 Å². The second kappa shape index (κ2) is 8.95. The minimum Gasteiger partial charge on any atom is -0.481 e. The van der Waals surface area contributed by atoms with Crippen LogP contribution in [0, 0.1) is 5.82 Å². The molecule has 154 valence electrons. The van der Waals surface area contributed by atoms with Gasteiger partial charge < -0.3 is 15.3 Å². The van der Waals surface area contributed by atoms with Crippen molar-refractivity contribution in [3.63, 3.8) is 0 Å². The molecule has 0 radical (unpaired) electrons. The zero-order valence-corrected chi connectivity index (χ0v) is 16.6. The first-order valence-electron chi connectivity index (χ1n) is 10.2. The third-order valence-electron chi connectivity index (χ3n) is 5.30. The number of pyridine rings is 1. The third-order valence-corrected chi connectivity index (χ3v) is 5.30. The van der Waals surface area contributed by atoms with Crippen molar-refractivity contribution in [1.82, 2.24) is 4.98 Å². The normalized spacial score (nSPS) is 13.0. The number of benzene rings is 2. The Hall–Kier alpha value is -3.41. The van der Waals surface area contributed by atoms with Crippen LogP contribution in [0.1, 0.15) is 29.7 Å². The Morgan fingerprint density at radius 3 is 2.73 bits per heavy atom. The number of para-hydroxylation sites is 1. The predicted molar refractivity (Wildman–Crippen MR) is 116 cm³/mol. The van der Waals surface area contributed by atoms with E-state index in [1.165, 1.54) is 11.6 Å². The van der Waals surface area contributed by atoms with Gasteiger partial charge in [0, 0.05) is 24.3 Å². The number of hydrogen-bond donors (Lipinski definition) is 2. The zero-order chi connectivity index (χ0) is 20.9. The molecule has 5 nitrogen and oxygen atoms in total. The molecule has 1 aromatic heterocycles. The summed E-state index contributed by atoms with van der Waals surface area (Å²) < 4.78 is 14.2. The highest BCUT2D eigenvalue weighted by Crippen LogP contribution is 2.32. The fourth-order valence-electron chi connectivity index (χ4n) is 3.73. The fraction of sp³-hybridized carbons (Fsp3) is 0.250. The van der Waals surface area contributed by atoms with Crippen molar-refractivity contribution in [3.8, 4) is 0 Å². The number of halogens is 1. The Balaban J connectivity index is 1.47.